The van der Waals surface area contributed by atoms with Gasteiger partial charge in [-0.25, -0.2) is 9.59 Å². The number of hydrogen-bond acceptors (Lipinski definition) is 6. The van der Waals surface area contributed by atoms with Gasteiger partial charge < -0.3 is 25.2 Å². The van der Waals surface area contributed by atoms with E-state index in [-0.39, 0.29) is 6.42 Å². The molecule has 0 aliphatic carbocycles. The average molecular weight is 531 g/mol. The third kappa shape index (κ3) is 17.8. The van der Waals surface area contributed by atoms with Gasteiger partial charge >= 0.3 is 23.9 Å². The summed E-state index contributed by atoms with van der Waals surface area (Å²) in [6.07, 6.45) is 18.9. The summed E-state index contributed by atoms with van der Waals surface area (Å²) in [6.45, 7) is 2.25. The second-order valence-corrected chi connectivity index (χ2v) is 10.1. The summed E-state index contributed by atoms with van der Waals surface area (Å²) in [5.41, 5.74) is -3.25. The van der Waals surface area contributed by atoms with E-state index in [0.29, 0.717) is 6.42 Å². The van der Waals surface area contributed by atoms with Crippen LogP contribution in [0.4, 0.5) is 0 Å². The number of carbonyl (C=O) groups is 4. The minimum atomic E-state index is -3.25. The molecule has 0 heterocycles. The molecule has 4 N–H and O–H groups in total. The standard InChI is InChI=1S/C28H50O9/c1-2-3-4-5-6-7-8-9-10-11-12-13-14-15-16-17-18-19-20-21-24(31)37-25(26(32)33)28(36,27(34)35)22-23(29)30/h25,36H,2-22H2,1H3,(H,29,30)(H,32,33)(H,34,35). The molecule has 0 spiro atoms. The van der Waals surface area contributed by atoms with Crippen LogP contribution in [0.5, 0.6) is 0 Å². The normalized spacial score (nSPS) is 13.6. The summed E-state index contributed by atoms with van der Waals surface area (Å²) in [5, 5.41) is 37.1. The molecule has 0 radical (unpaired) electrons. The molecule has 216 valence electrons. The van der Waals surface area contributed by atoms with Crippen molar-refractivity contribution in [3.8, 4) is 0 Å². The molecule has 0 aliphatic rings. The van der Waals surface area contributed by atoms with Crippen molar-refractivity contribution in [2.45, 2.75) is 153 Å². The van der Waals surface area contributed by atoms with Crippen LogP contribution >= 0.6 is 0 Å². The highest BCUT2D eigenvalue weighted by atomic mass is 16.6. The molecule has 0 rings (SSSR count). The van der Waals surface area contributed by atoms with Gasteiger partial charge in [0.2, 0.25) is 11.7 Å². The molecule has 0 aliphatic heterocycles. The molecule has 37 heavy (non-hydrogen) atoms. The maximum atomic E-state index is 12.0. The van der Waals surface area contributed by atoms with Crippen LogP contribution in [0.1, 0.15) is 142 Å². The van der Waals surface area contributed by atoms with E-state index in [1.54, 1.807) is 0 Å². The fourth-order valence-electron chi connectivity index (χ4n) is 4.40. The van der Waals surface area contributed by atoms with Crippen LogP contribution in [0.25, 0.3) is 0 Å². The molecule has 0 aromatic heterocycles. The average Bonchev–Trinajstić information content (AvgIpc) is 2.83. The van der Waals surface area contributed by atoms with E-state index in [0.717, 1.165) is 25.7 Å². The molecule has 0 aromatic carbocycles. The predicted molar refractivity (Wildman–Crippen MR) is 140 cm³/mol. The van der Waals surface area contributed by atoms with Crippen molar-refractivity contribution in [3.63, 3.8) is 0 Å². The van der Waals surface area contributed by atoms with Gasteiger partial charge in [-0.15, -0.1) is 0 Å². The number of aliphatic carboxylic acids is 3. The van der Waals surface area contributed by atoms with Crippen LogP contribution in [0.15, 0.2) is 0 Å². The minimum Gasteiger partial charge on any atom is -0.481 e. The van der Waals surface area contributed by atoms with Crippen molar-refractivity contribution < 1.29 is 44.3 Å². The maximum Gasteiger partial charge on any atom is 0.348 e. The molecule has 9 heteroatoms. The van der Waals surface area contributed by atoms with E-state index >= 15 is 0 Å². The number of hydrogen-bond donors (Lipinski definition) is 4. The van der Waals surface area contributed by atoms with E-state index in [9.17, 15) is 24.3 Å². The molecular formula is C28H50O9. The molecule has 0 bridgehead atoms. The summed E-state index contributed by atoms with van der Waals surface area (Å²) in [7, 11) is 0. The Morgan fingerprint density at radius 1 is 0.622 bits per heavy atom. The first kappa shape index (κ1) is 34.8. The van der Waals surface area contributed by atoms with Gasteiger partial charge in [0, 0.05) is 6.42 Å². The smallest absolute Gasteiger partial charge is 0.348 e. The maximum absolute atomic E-state index is 12.0. The van der Waals surface area contributed by atoms with Gasteiger partial charge in [0.25, 0.3) is 0 Å². The Labute approximate surface area is 222 Å². The highest BCUT2D eigenvalue weighted by Gasteiger charge is 2.53. The van der Waals surface area contributed by atoms with Gasteiger partial charge in [-0.05, 0) is 6.42 Å². The first-order chi connectivity index (χ1) is 17.6. The minimum absolute atomic E-state index is 0.134. The van der Waals surface area contributed by atoms with Crippen molar-refractivity contribution >= 4 is 23.9 Å². The summed E-state index contributed by atoms with van der Waals surface area (Å²) < 4.78 is 4.64. The van der Waals surface area contributed by atoms with Gasteiger partial charge in [0.1, 0.15) is 0 Å². The van der Waals surface area contributed by atoms with Gasteiger partial charge in [-0.3, -0.25) is 9.59 Å². The highest BCUT2D eigenvalue weighted by molar-refractivity contribution is 5.92. The number of ether oxygens (including phenoxy) is 1. The largest absolute Gasteiger partial charge is 0.481 e. The SMILES string of the molecule is CCCCCCCCCCCCCCCCCCCCCC(=O)OC(C(=O)O)C(O)(CC(=O)O)C(=O)O. The lowest BCUT2D eigenvalue weighted by Crippen LogP contribution is -2.56. The Kier molecular flexibility index (Phi) is 20.6. The van der Waals surface area contributed by atoms with Crippen LogP contribution < -0.4 is 0 Å². The van der Waals surface area contributed by atoms with Crippen LogP contribution in [-0.4, -0.2) is 56.0 Å². The predicted octanol–water partition coefficient (Wildman–Crippen LogP) is 6.10. The van der Waals surface area contributed by atoms with E-state index < -0.39 is 42.0 Å². The van der Waals surface area contributed by atoms with Crippen molar-refractivity contribution in [2.75, 3.05) is 0 Å². The van der Waals surface area contributed by atoms with Crippen LogP contribution in [0, 0.1) is 0 Å². The van der Waals surface area contributed by atoms with Crippen molar-refractivity contribution in [1.29, 1.82) is 0 Å². The number of esters is 1. The second-order valence-electron chi connectivity index (χ2n) is 10.1. The molecular weight excluding hydrogens is 480 g/mol. The molecule has 2 unspecified atom stereocenters. The Balaban J connectivity index is 3.76. The first-order valence-electron chi connectivity index (χ1n) is 14.2. The monoisotopic (exact) mass is 530 g/mol. The lowest BCUT2D eigenvalue weighted by atomic mass is 9.92. The molecule has 0 saturated heterocycles. The van der Waals surface area contributed by atoms with Gasteiger partial charge in [0.05, 0.1) is 6.42 Å². The topological polar surface area (TPSA) is 158 Å². The van der Waals surface area contributed by atoms with Crippen LogP contribution in [0.3, 0.4) is 0 Å². The number of carboxylic acids is 3. The Bertz CT molecular complexity index is 650. The van der Waals surface area contributed by atoms with Crippen molar-refractivity contribution in [1.82, 2.24) is 0 Å². The van der Waals surface area contributed by atoms with Gasteiger partial charge in [-0.2, -0.15) is 0 Å². The van der Waals surface area contributed by atoms with E-state index in [1.807, 2.05) is 0 Å². The molecule has 2 atom stereocenters. The number of unbranched alkanes of at least 4 members (excludes halogenated alkanes) is 18. The van der Waals surface area contributed by atoms with Crippen molar-refractivity contribution in [2.24, 2.45) is 0 Å². The lowest BCUT2D eigenvalue weighted by molar-refractivity contribution is -0.197. The van der Waals surface area contributed by atoms with Crippen LogP contribution in [-0.2, 0) is 23.9 Å². The van der Waals surface area contributed by atoms with Gasteiger partial charge in [-0.1, -0.05) is 122 Å². The first-order valence-corrected chi connectivity index (χ1v) is 14.2. The Morgan fingerprint density at radius 3 is 1.27 bits per heavy atom. The fourth-order valence-corrected chi connectivity index (χ4v) is 4.40. The zero-order chi connectivity index (χ0) is 27.9. The molecule has 0 amide bonds. The molecule has 9 nitrogen and oxygen atoms in total. The quantitative estimate of drug-likeness (QED) is 0.0766. The Morgan fingerprint density at radius 2 is 0.973 bits per heavy atom. The summed E-state index contributed by atoms with van der Waals surface area (Å²) in [4.78, 5) is 45.4. The third-order valence-electron chi connectivity index (χ3n) is 6.68. The number of aliphatic hydroxyl groups is 1. The number of carboxylic acid groups (broad SMARTS) is 3. The number of rotatable bonds is 26. The summed E-state index contributed by atoms with van der Waals surface area (Å²) in [6, 6.07) is 0. The van der Waals surface area contributed by atoms with E-state index in [4.69, 9.17) is 15.3 Å². The molecule has 0 aromatic rings. The molecule has 0 fully saturated rings. The molecule has 0 saturated carbocycles. The third-order valence-corrected chi connectivity index (χ3v) is 6.68. The summed E-state index contributed by atoms with van der Waals surface area (Å²) in [5.74, 6) is -6.72. The fraction of sp³-hybridized carbons (Fsp3) is 0.857. The Hall–Kier alpha value is -2.16. The zero-order valence-corrected chi connectivity index (χ0v) is 22.8. The highest BCUT2D eigenvalue weighted by Crippen LogP contribution is 2.21. The van der Waals surface area contributed by atoms with Gasteiger partial charge in [0.15, 0.2) is 0 Å². The lowest BCUT2D eigenvalue weighted by Gasteiger charge is -2.27. The second kappa shape index (κ2) is 21.9. The van der Waals surface area contributed by atoms with Crippen LogP contribution in [0.2, 0.25) is 0 Å². The van der Waals surface area contributed by atoms with E-state index in [2.05, 4.69) is 11.7 Å². The zero-order valence-electron chi connectivity index (χ0n) is 22.8. The van der Waals surface area contributed by atoms with E-state index in [1.165, 1.54) is 89.9 Å². The number of carbonyl (C=O) groups excluding carboxylic acids is 1. The summed E-state index contributed by atoms with van der Waals surface area (Å²) >= 11 is 0. The van der Waals surface area contributed by atoms with Crippen molar-refractivity contribution in [3.05, 3.63) is 0 Å².